The predicted octanol–water partition coefficient (Wildman–Crippen LogP) is 3.58. The number of non-ortho nitro benzene ring substituents is 1. The first-order valence-electron chi connectivity index (χ1n) is 8.28. The van der Waals surface area contributed by atoms with E-state index >= 15 is 0 Å². The van der Waals surface area contributed by atoms with Gasteiger partial charge in [-0.15, -0.1) is 0 Å². The summed E-state index contributed by atoms with van der Waals surface area (Å²) in [5, 5.41) is 22.6. The Labute approximate surface area is 159 Å². The van der Waals surface area contributed by atoms with Crippen LogP contribution in [0.4, 0.5) is 11.4 Å². The smallest absolute Gasteiger partial charge is 0.280 e. The van der Waals surface area contributed by atoms with Crippen LogP contribution >= 0.6 is 0 Å². The molecule has 9 nitrogen and oxygen atoms in total. The summed E-state index contributed by atoms with van der Waals surface area (Å²) in [6, 6.07) is 6.93. The molecule has 0 aromatic heterocycles. The van der Waals surface area contributed by atoms with Gasteiger partial charge < -0.3 is 9.47 Å². The topological polar surface area (TPSA) is 122 Å². The molecule has 0 aliphatic heterocycles. The Morgan fingerprint density at radius 2 is 1.64 bits per heavy atom. The molecule has 0 unspecified atom stereocenters. The lowest BCUT2D eigenvalue weighted by Gasteiger charge is -2.18. The lowest BCUT2D eigenvalue weighted by molar-refractivity contribution is -0.385. The van der Waals surface area contributed by atoms with Gasteiger partial charge in [0.1, 0.15) is 0 Å². The van der Waals surface area contributed by atoms with Crippen molar-refractivity contribution < 1.29 is 24.1 Å². The molecule has 0 saturated heterocycles. The second kappa shape index (κ2) is 7.47. The van der Waals surface area contributed by atoms with Gasteiger partial charge in [0.25, 0.3) is 11.4 Å². The molecule has 0 radical (unpaired) electrons. The Bertz CT molecular complexity index is 1030. The molecule has 2 aromatic rings. The van der Waals surface area contributed by atoms with Crippen LogP contribution in [-0.2, 0) is 11.2 Å². The van der Waals surface area contributed by atoms with Crippen LogP contribution in [0.1, 0.15) is 23.1 Å². The second-order valence-electron chi connectivity index (χ2n) is 6.10. The summed E-state index contributed by atoms with van der Waals surface area (Å²) in [6.07, 6.45) is 2.05. The van der Waals surface area contributed by atoms with Crippen LogP contribution < -0.4 is 9.47 Å². The summed E-state index contributed by atoms with van der Waals surface area (Å²) in [4.78, 5) is 34.0. The van der Waals surface area contributed by atoms with Crippen LogP contribution in [0.2, 0.25) is 0 Å². The fourth-order valence-electron chi connectivity index (χ4n) is 3.15. The number of Topliss-reactive ketones (excluding diaryl/α,β-unsaturated/α-hetero) is 1. The van der Waals surface area contributed by atoms with Gasteiger partial charge in [0, 0.05) is 24.1 Å². The number of carbonyl (C=O) groups excluding carboxylic acids is 1. The van der Waals surface area contributed by atoms with Crippen molar-refractivity contribution in [1.82, 2.24) is 0 Å². The number of nitrogens with zero attached hydrogens (tertiary/aromatic N) is 2. The minimum Gasteiger partial charge on any atom is -0.493 e. The number of hydrogen-bond acceptors (Lipinski definition) is 7. The highest BCUT2D eigenvalue weighted by atomic mass is 16.6. The molecular weight excluding hydrogens is 368 g/mol. The average molecular weight is 384 g/mol. The number of aryl methyl sites for hydroxylation is 1. The molecule has 1 aliphatic carbocycles. The molecule has 0 heterocycles. The maximum atomic E-state index is 12.5. The minimum atomic E-state index is -0.587. The molecule has 144 valence electrons. The summed E-state index contributed by atoms with van der Waals surface area (Å²) in [6.45, 7) is 0. The zero-order valence-electron chi connectivity index (χ0n) is 15.1. The van der Waals surface area contributed by atoms with E-state index in [1.807, 2.05) is 0 Å². The van der Waals surface area contributed by atoms with Crippen LogP contribution in [0.25, 0.3) is 11.6 Å². The molecule has 1 aliphatic rings. The van der Waals surface area contributed by atoms with Crippen molar-refractivity contribution in [2.24, 2.45) is 0 Å². The van der Waals surface area contributed by atoms with E-state index in [9.17, 15) is 25.0 Å². The van der Waals surface area contributed by atoms with Gasteiger partial charge in [0.05, 0.1) is 35.7 Å². The number of nitro benzene ring substituents is 2. The number of nitro groups is 2. The normalized spacial score (nSPS) is 14.5. The number of ketones is 1. The van der Waals surface area contributed by atoms with E-state index in [0.717, 1.165) is 5.56 Å². The van der Waals surface area contributed by atoms with E-state index in [1.54, 1.807) is 6.07 Å². The zero-order chi connectivity index (χ0) is 20.4. The summed E-state index contributed by atoms with van der Waals surface area (Å²) < 4.78 is 10.3. The monoisotopic (exact) mass is 384 g/mol. The van der Waals surface area contributed by atoms with Gasteiger partial charge in [0.15, 0.2) is 17.3 Å². The summed E-state index contributed by atoms with van der Waals surface area (Å²) >= 11 is 0. The molecule has 0 amide bonds. The lowest BCUT2D eigenvalue weighted by Crippen LogP contribution is -2.13. The number of fused-ring (bicyclic) bond motifs is 1. The van der Waals surface area contributed by atoms with E-state index in [-0.39, 0.29) is 46.2 Å². The van der Waals surface area contributed by atoms with Crippen molar-refractivity contribution in [2.75, 3.05) is 14.2 Å². The molecule has 0 N–H and O–H groups in total. The summed E-state index contributed by atoms with van der Waals surface area (Å²) in [7, 11) is 2.75. The van der Waals surface area contributed by atoms with E-state index < -0.39 is 9.85 Å². The first kappa shape index (κ1) is 19.0. The maximum Gasteiger partial charge on any atom is 0.280 e. The fraction of sp³-hybridized carbons (Fsp3) is 0.211. The molecule has 28 heavy (non-hydrogen) atoms. The summed E-state index contributed by atoms with van der Waals surface area (Å²) in [5.74, 6) is 0.210. The minimum absolute atomic E-state index is 0.144. The average Bonchev–Trinajstić information content (AvgIpc) is 2.68. The van der Waals surface area contributed by atoms with Gasteiger partial charge >= 0.3 is 0 Å². The van der Waals surface area contributed by atoms with Crippen LogP contribution in [0, 0.1) is 20.2 Å². The maximum absolute atomic E-state index is 12.5. The largest absolute Gasteiger partial charge is 0.493 e. The number of carbonyl (C=O) groups is 1. The third-order valence-electron chi connectivity index (χ3n) is 4.55. The van der Waals surface area contributed by atoms with Crippen LogP contribution in [-0.4, -0.2) is 29.8 Å². The zero-order valence-corrected chi connectivity index (χ0v) is 15.1. The van der Waals surface area contributed by atoms with Crippen molar-refractivity contribution in [3.8, 4) is 11.5 Å². The molecule has 0 atom stereocenters. The Morgan fingerprint density at radius 3 is 2.25 bits per heavy atom. The standard InChI is InChI=1S/C19H16N2O7/c1-27-18-8-12(16(21(25)26)10-19(18)28-2)7-15-14-9-13(20(23)24)5-3-11(14)4-6-17(15)22/h3,5,7-10H,4,6H2,1-2H3. The van der Waals surface area contributed by atoms with Gasteiger partial charge in [-0.3, -0.25) is 25.0 Å². The Morgan fingerprint density at radius 1 is 0.964 bits per heavy atom. The highest BCUT2D eigenvalue weighted by Gasteiger charge is 2.26. The van der Waals surface area contributed by atoms with Gasteiger partial charge in [-0.05, 0) is 29.7 Å². The molecule has 9 heteroatoms. The number of allylic oxidation sites excluding steroid dienone is 1. The van der Waals surface area contributed by atoms with Crippen molar-refractivity contribution in [3.63, 3.8) is 0 Å². The first-order chi connectivity index (χ1) is 13.3. The Hall–Kier alpha value is -3.75. The molecule has 0 fully saturated rings. The number of rotatable bonds is 5. The summed E-state index contributed by atoms with van der Waals surface area (Å²) in [5.41, 5.74) is 1.11. The van der Waals surface area contributed by atoms with Gasteiger partial charge in [-0.25, -0.2) is 0 Å². The molecular formula is C19H16N2O7. The lowest BCUT2D eigenvalue weighted by atomic mass is 9.85. The van der Waals surface area contributed by atoms with Crippen LogP contribution in [0.3, 0.4) is 0 Å². The number of ether oxygens (including phenoxy) is 2. The number of hydrogen-bond donors (Lipinski definition) is 0. The molecule has 0 saturated carbocycles. The van der Waals surface area contributed by atoms with Gasteiger partial charge in [0.2, 0.25) is 0 Å². The number of benzene rings is 2. The van der Waals surface area contributed by atoms with Crippen molar-refractivity contribution in [3.05, 3.63) is 67.3 Å². The molecule has 3 rings (SSSR count). The van der Waals surface area contributed by atoms with Crippen molar-refractivity contribution in [1.29, 1.82) is 0 Å². The number of methoxy groups -OCH3 is 2. The molecule has 0 bridgehead atoms. The quantitative estimate of drug-likeness (QED) is 0.439. The third-order valence-corrected chi connectivity index (χ3v) is 4.55. The van der Waals surface area contributed by atoms with Gasteiger partial charge in [-0.2, -0.15) is 0 Å². The van der Waals surface area contributed by atoms with Crippen LogP contribution in [0.5, 0.6) is 11.5 Å². The first-order valence-corrected chi connectivity index (χ1v) is 8.28. The van der Waals surface area contributed by atoms with E-state index in [0.29, 0.717) is 12.0 Å². The highest BCUT2D eigenvalue weighted by molar-refractivity contribution is 6.27. The SMILES string of the molecule is COc1cc(C=C2C(=O)CCc3ccc([N+](=O)[O-])cc32)c([N+](=O)[O-])cc1OC. The van der Waals surface area contributed by atoms with E-state index in [1.165, 1.54) is 44.6 Å². The van der Waals surface area contributed by atoms with Crippen molar-refractivity contribution in [2.45, 2.75) is 12.8 Å². The molecule has 0 spiro atoms. The van der Waals surface area contributed by atoms with E-state index in [2.05, 4.69) is 0 Å². The second-order valence-corrected chi connectivity index (χ2v) is 6.10. The van der Waals surface area contributed by atoms with Crippen LogP contribution in [0.15, 0.2) is 30.3 Å². The van der Waals surface area contributed by atoms with Crippen molar-refractivity contribution >= 4 is 28.8 Å². The Kier molecular flexibility index (Phi) is 5.08. The highest BCUT2D eigenvalue weighted by Crippen LogP contribution is 2.38. The molecule has 2 aromatic carbocycles. The van der Waals surface area contributed by atoms with Gasteiger partial charge in [-0.1, -0.05) is 6.07 Å². The Balaban J connectivity index is 2.24. The predicted molar refractivity (Wildman–Crippen MR) is 100 cm³/mol. The fourth-order valence-corrected chi connectivity index (χ4v) is 3.15. The van der Waals surface area contributed by atoms with E-state index in [4.69, 9.17) is 9.47 Å². The third kappa shape index (κ3) is 3.41.